The summed E-state index contributed by atoms with van der Waals surface area (Å²) < 4.78 is 15.8. The Balaban J connectivity index is 4.19. The van der Waals surface area contributed by atoms with Crippen LogP contribution in [0.4, 0.5) is 0 Å². The van der Waals surface area contributed by atoms with Gasteiger partial charge in [0.25, 0.3) is 0 Å². The van der Waals surface area contributed by atoms with Gasteiger partial charge in [-0.25, -0.2) is 0 Å². The predicted molar refractivity (Wildman–Crippen MR) is 77.8 cm³/mol. The number of carbonyl (C=O) groups excluding carboxylic acids is 1. The van der Waals surface area contributed by atoms with Crippen molar-refractivity contribution in [3.8, 4) is 24.7 Å². The molecule has 0 rings (SSSR count). The molecule has 0 aliphatic rings. The number of hydrogen-bond acceptors (Lipinski definition) is 4. The van der Waals surface area contributed by atoms with E-state index in [4.69, 9.17) is 27.1 Å². The predicted octanol–water partition coefficient (Wildman–Crippen LogP) is 1.88. The van der Waals surface area contributed by atoms with Crippen molar-refractivity contribution in [3.05, 3.63) is 0 Å². The Labute approximate surface area is 122 Å². The zero-order valence-electron chi connectivity index (χ0n) is 12.8. The molecule has 0 N–H and O–H groups in total. The van der Waals surface area contributed by atoms with E-state index < -0.39 is 5.41 Å². The highest BCUT2D eigenvalue weighted by molar-refractivity contribution is 5.76. The molecule has 0 aromatic carbocycles. The molecule has 0 atom stereocenters. The Morgan fingerprint density at radius 3 is 1.95 bits per heavy atom. The molecule has 0 unspecified atom stereocenters. The summed E-state index contributed by atoms with van der Waals surface area (Å²) in [4.78, 5) is 12.0. The first kappa shape index (κ1) is 18.5. The van der Waals surface area contributed by atoms with Gasteiger partial charge >= 0.3 is 5.97 Å². The third kappa shape index (κ3) is 7.84. The summed E-state index contributed by atoms with van der Waals surface area (Å²) >= 11 is 0. The molecule has 0 bridgehead atoms. The van der Waals surface area contributed by atoms with E-state index in [9.17, 15) is 4.79 Å². The lowest BCUT2D eigenvalue weighted by Gasteiger charge is -2.27. The number of hydrogen-bond donors (Lipinski definition) is 0. The fourth-order valence-electron chi connectivity index (χ4n) is 1.31. The number of carbonyl (C=O) groups is 1. The van der Waals surface area contributed by atoms with Crippen molar-refractivity contribution in [2.75, 3.05) is 33.0 Å². The van der Waals surface area contributed by atoms with Crippen LogP contribution in [0, 0.1) is 35.5 Å². The van der Waals surface area contributed by atoms with Crippen molar-refractivity contribution in [1.82, 2.24) is 0 Å². The molecule has 0 amide bonds. The van der Waals surface area contributed by atoms with E-state index in [2.05, 4.69) is 11.8 Å². The van der Waals surface area contributed by atoms with Crippen LogP contribution in [0.5, 0.6) is 0 Å². The van der Waals surface area contributed by atoms with E-state index in [1.165, 1.54) is 0 Å². The smallest absolute Gasteiger partial charge is 0.313 e. The van der Waals surface area contributed by atoms with Crippen LogP contribution in [0.15, 0.2) is 0 Å². The van der Waals surface area contributed by atoms with Crippen LogP contribution in [0.25, 0.3) is 0 Å². The second kappa shape index (κ2) is 8.64. The van der Waals surface area contributed by atoms with E-state index in [1.807, 2.05) is 13.8 Å². The summed E-state index contributed by atoms with van der Waals surface area (Å²) in [5, 5.41) is 0. The first-order chi connectivity index (χ1) is 9.25. The van der Waals surface area contributed by atoms with Crippen molar-refractivity contribution in [2.24, 2.45) is 10.8 Å². The fraction of sp³-hybridized carbons (Fsp3) is 0.688. The molecule has 0 spiro atoms. The Morgan fingerprint density at radius 2 is 1.45 bits per heavy atom. The molecule has 20 heavy (non-hydrogen) atoms. The Bertz CT molecular complexity index is 382. The topological polar surface area (TPSA) is 44.8 Å². The van der Waals surface area contributed by atoms with Crippen LogP contribution in [0.3, 0.4) is 0 Å². The number of ether oxygens (including phenoxy) is 3. The van der Waals surface area contributed by atoms with Crippen LogP contribution in [-0.4, -0.2) is 39.0 Å². The van der Waals surface area contributed by atoms with Gasteiger partial charge < -0.3 is 14.2 Å². The number of rotatable bonds is 9. The summed E-state index contributed by atoms with van der Waals surface area (Å²) in [6, 6.07) is 0. The maximum absolute atomic E-state index is 12.0. The molecule has 0 aliphatic heterocycles. The van der Waals surface area contributed by atoms with Crippen LogP contribution in [0.1, 0.15) is 27.7 Å². The average molecular weight is 280 g/mol. The highest BCUT2D eigenvalue weighted by atomic mass is 16.5. The van der Waals surface area contributed by atoms with E-state index in [0.717, 1.165) is 0 Å². The van der Waals surface area contributed by atoms with Gasteiger partial charge in [0.05, 0.1) is 25.2 Å². The van der Waals surface area contributed by atoms with Gasteiger partial charge in [0.15, 0.2) is 0 Å². The molecule has 4 nitrogen and oxygen atoms in total. The molecular weight excluding hydrogens is 256 g/mol. The zero-order chi connectivity index (χ0) is 15.6. The Hall–Kier alpha value is -1.49. The molecule has 112 valence electrons. The third-order valence-corrected chi connectivity index (χ3v) is 2.47. The van der Waals surface area contributed by atoms with Gasteiger partial charge in [-0.1, -0.05) is 25.7 Å². The minimum Gasteiger partial charge on any atom is -0.465 e. The molecule has 0 radical (unpaired) electrons. The summed E-state index contributed by atoms with van der Waals surface area (Å²) in [6.07, 6.45) is 10.2. The lowest BCUT2D eigenvalue weighted by Crippen LogP contribution is -2.35. The lowest BCUT2D eigenvalue weighted by atomic mass is 9.93. The van der Waals surface area contributed by atoms with Gasteiger partial charge in [-0.3, -0.25) is 4.79 Å². The molecule has 0 fully saturated rings. The summed E-state index contributed by atoms with van der Waals surface area (Å²) in [5.41, 5.74) is -1.02. The van der Waals surface area contributed by atoms with Gasteiger partial charge in [0.2, 0.25) is 0 Å². The lowest BCUT2D eigenvalue weighted by molar-refractivity contribution is -0.161. The van der Waals surface area contributed by atoms with Crippen molar-refractivity contribution < 1.29 is 19.0 Å². The fourth-order valence-corrected chi connectivity index (χ4v) is 1.31. The normalized spacial score (nSPS) is 11.5. The van der Waals surface area contributed by atoms with Gasteiger partial charge in [-0.05, 0) is 13.8 Å². The Morgan fingerprint density at radius 1 is 0.950 bits per heavy atom. The minimum absolute atomic E-state index is 0.183. The van der Waals surface area contributed by atoms with E-state index in [0.29, 0.717) is 6.61 Å². The number of terminal acetylenes is 2. The second-order valence-corrected chi connectivity index (χ2v) is 6.02. The van der Waals surface area contributed by atoms with Crippen LogP contribution >= 0.6 is 0 Å². The average Bonchev–Trinajstić information content (AvgIpc) is 2.36. The van der Waals surface area contributed by atoms with Crippen molar-refractivity contribution >= 4 is 5.97 Å². The van der Waals surface area contributed by atoms with Gasteiger partial charge in [0.1, 0.15) is 13.2 Å². The molecule has 0 aliphatic carbocycles. The largest absolute Gasteiger partial charge is 0.465 e. The van der Waals surface area contributed by atoms with Crippen LogP contribution in [0.2, 0.25) is 0 Å². The molecule has 0 heterocycles. The van der Waals surface area contributed by atoms with E-state index in [1.54, 1.807) is 13.8 Å². The first-order valence-electron chi connectivity index (χ1n) is 6.45. The van der Waals surface area contributed by atoms with Crippen LogP contribution in [-0.2, 0) is 19.0 Å². The Kier molecular flexibility index (Phi) is 7.99. The first-order valence-corrected chi connectivity index (χ1v) is 6.45. The maximum Gasteiger partial charge on any atom is 0.313 e. The monoisotopic (exact) mass is 280 g/mol. The molecule has 0 aromatic heterocycles. The summed E-state index contributed by atoms with van der Waals surface area (Å²) in [5.74, 6) is 4.43. The summed E-state index contributed by atoms with van der Waals surface area (Å²) in [6.45, 7) is 8.75. The zero-order valence-corrected chi connectivity index (χ0v) is 12.8. The quantitative estimate of drug-likeness (QED) is 0.367. The maximum atomic E-state index is 12.0. The highest BCUT2D eigenvalue weighted by Crippen LogP contribution is 2.21. The molecule has 0 saturated heterocycles. The van der Waals surface area contributed by atoms with Gasteiger partial charge in [-0.2, -0.15) is 0 Å². The second-order valence-electron chi connectivity index (χ2n) is 6.02. The molecule has 0 saturated carbocycles. The van der Waals surface area contributed by atoms with Crippen molar-refractivity contribution in [1.29, 1.82) is 0 Å². The molecule has 0 aromatic rings. The SMILES string of the molecule is C#CCOCC(C)(C)COC(=O)C(C)(C)COCC#C. The summed E-state index contributed by atoms with van der Waals surface area (Å²) in [7, 11) is 0. The number of esters is 1. The van der Waals surface area contributed by atoms with E-state index >= 15 is 0 Å². The minimum atomic E-state index is -0.730. The van der Waals surface area contributed by atoms with Crippen LogP contribution < -0.4 is 0 Å². The van der Waals surface area contributed by atoms with E-state index in [-0.39, 0.29) is 37.8 Å². The van der Waals surface area contributed by atoms with Gasteiger partial charge in [0, 0.05) is 5.41 Å². The van der Waals surface area contributed by atoms with Crippen molar-refractivity contribution in [2.45, 2.75) is 27.7 Å². The van der Waals surface area contributed by atoms with Gasteiger partial charge in [-0.15, -0.1) is 12.8 Å². The molecular formula is C16H24O4. The standard InChI is InChI=1S/C16H24O4/c1-7-9-18-11-15(3,4)12-20-14(17)16(5,6)13-19-10-8-2/h1-2H,9-13H2,3-6H3. The third-order valence-electron chi connectivity index (χ3n) is 2.47. The molecule has 4 heteroatoms. The van der Waals surface area contributed by atoms with Crippen molar-refractivity contribution in [3.63, 3.8) is 0 Å². The highest BCUT2D eigenvalue weighted by Gasteiger charge is 2.31.